The minimum absolute atomic E-state index is 0.0588. The van der Waals surface area contributed by atoms with E-state index in [0.29, 0.717) is 0 Å². The van der Waals surface area contributed by atoms with E-state index in [1.165, 1.54) is 0 Å². The molecule has 0 aliphatic carbocycles. The van der Waals surface area contributed by atoms with Gasteiger partial charge in [-0.3, -0.25) is 0 Å². The third kappa shape index (κ3) is 12.7. The molecule has 0 aromatic carbocycles. The lowest BCUT2D eigenvalue weighted by atomic mass is 10.6. The van der Waals surface area contributed by atoms with Gasteiger partial charge in [-0.05, 0) is 20.8 Å². The molecular weight excluding hydrogens is 252 g/mol. The van der Waals surface area contributed by atoms with Gasteiger partial charge >= 0.3 is 6.48 Å². The van der Waals surface area contributed by atoms with Crippen LogP contribution >= 0.6 is 0 Å². The van der Waals surface area contributed by atoms with Gasteiger partial charge in [-0.2, -0.15) is 14.7 Å². The maximum Gasteiger partial charge on any atom is 0.355 e. The molecule has 0 aromatic heterocycles. The monoisotopic (exact) mass is 268 g/mol. The Hall–Kier alpha value is -1.56. The lowest BCUT2D eigenvalue weighted by molar-refractivity contribution is -0.571. The van der Waals surface area contributed by atoms with E-state index < -0.39 is 6.48 Å². The molecule has 0 radical (unpaired) electrons. The Morgan fingerprint density at radius 2 is 0.947 bits per heavy atom. The van der Waals surface area contributed by atoms with Crippen LogP contribution in [0, 0.1) is 35.5 Å². The normalized spacial score (nSPS) is 8.84. The van der Waals surface area contributed by atoms with Gasteiger partial charge in [0.1, 0.15) is 19.8 Å². The summed E-state index contributed by atoms with van der Waals surface area (Å²) in [6.45, 7) is 3.87. The van der Waals surface area contributed by atoms with E-state index in [0.717, 1.165) is 0 Å². The molecule has 0 aromatic rings. The zero-order valence-corrected chi connectivity index (χ0v) is 11.1. The molecule has 0 fully saturated rings. The lowest BCUT2D eigenvalue weighted by Crippen LogP contribution is -2.22. The highest BCUT2D eigenvalue weighted by atomic mass is 17.4. The molecule has 0 N–H and O–H groups in total. The van der Waals surface area contributed by atoms with E-state index in [4.69, 9.17) is 29.3 Å². The minimum Gasteiger partial charge on any atom is -0.218 e. The number of hydrogen-bond acceptors (Lipinski definition) is 6. The van der Waals surface area contributed by atoms with Crippen LogP contribution in [0.1, 0.15) is 20.8 Å². The van der Waals surface area contributed by atoms with E-state index in [-0.39, 0.29) is 19.8 Å². The van der Waals surface area contributed by atoms with E-state index in [2.05, 4.69) is 35.5 Å². The van der Waals surface area contributed by atoms with E-state index in [1.54, 1.807) is 20.8 Å². The first kappa shape index (κ1) is 17.4. The minimum atomic E-state index is -1.32. The van der Waals surface area contributed by atoms with Crippen LogP contribution < -0.4 is 0 Å². The van der Waals surface area contributed by atoms with Crippen molar-refractivity contribution in [2.24, 2.45) is 0 Å². The Balaban J connectivity index is 3.90. The maximum atomic E-state index is 4.71. The molecule has 0 spiro atoms. The Morgan fingerprint density at radius 3 is 1.21 bits per heavy atom. The first-order valence-corrected chi connectivity index (χ1v) is 5.38. The molecule has 104 valence electrons. The summed E-state index contributed by atoms with van der Waals surface area (Å²) >= 11 is 0. The molecule has 0 atom stereocenters. The van der Waals surface area contributed by atoms with Gasteiger partial charge in [-0.1, -0.05) is 17.8 Å². The summed E-state index contributed by atoms with van der Waals surface area (Å²) in [5, 5.41) is 0. The van der Waals surface area contributed by atoms with Crippen molar-refractivity contribution in [1.29, 1.82) is 0 Å². The molecule has 0 aliphatic rings. The highest BCUT2D eigenvalue weighted by Crippen LogP contribution is 2.00. The van der Waals surface area contributed by atoms with Crippen molar-refractivity contribution in [2.75, 3.05) is 19.8 Å². The number of hydrogen-bond donors (Lipinski definition) is 0. The van der Waals surface area contributed by atoms with Crippen molar-refractivity contribution in [3.8, 4) is 35.5 Å². The van der Waals surface area contributed by atoms with Crippen LogP contribution in [-0.4, -0.2) is 26.3 Å². The van der Waals surface area contributed by atoms with E-state index in [9.17, 15) is 0 Å². The molecule has 0 amide bonds. The van der Waals surface area contributed by atoms with Crippen LogP contribution in [0.25, 0.3) is 0 Å². The lowest BCUT2D eigenvalue weighted by Gasteiger charge is -2.13. The van der Waals surface area contributed by atoms with Gasteiger partial charge in [0.05, 0.1) is 0 Å². The predicted octanol–water partition coefficient (Wildman–Crippen LogP) is 1.18. The highest BCUT2D eigenvalue weighted by Gasteiger charge is 2.13. The molecule has 0 bridgehead atoms. The van der Waals surface area contributed by atoms with Crippen molar-refractivity contribution >= 4 is 0 Å². The van der Waals surface area contributed by atoms with Crippen molar-refractivity contribution in [2.45, 2.75) is 27.2 Å². The van der Waals surface area contributed by atoms with Crippen LogP contribution in [0.15, 0.2) is 0 Å². The fourth-order valence-corrected chi connectivity index (χ4v) is 0.622. The summed E-state index contributed by atoms with van der Waals surface area (Å²) in [6.07, 6.45) is 0. The van der Waals surface area contributed by atoms with Crippen LogP contribution in [0.5, 0.6) is 0 Å². The van der Waals surface area contributed by atoms with Gasteiger partial charge < -0.3 is 0 Å². The molecule has 6 nitrogen and oxygen atoms in total. The summed E-state index contributed by atoms with van der Waals surface area (Å²) in [5.41, 5.74) is 0. The average molecular weight is 268 g/mol. The average Bonchev–Trinajstić information content (AvgIpc) is 2.43. The maximum absolute atomic E-state index is 4.71. The zero-order valence-electron chi connectivity index (χ0n) is 11.1. The largest absolute Gasteiger partial charge is 0.355 e. The van der Waals surface area contributed by atoms with Gasteiger partial charge in [0.2, 0.25) is 0 Å². The second-order valence-corrected chi connectivity index (χ2v) is 2.64. The van der Waals surface area contributed by atoms with Crippen LogP contribution in [0.3, 0.4) is 0 Å². The molecular formula is C13H16O6. The predicted molar refractivity (Wildman–Crippen MR) is 65.2 cm³/mol. The van der Waals surface area contributed by atoms with Crippen LogP contribution in [-0.2, 0) is 29.3 Å². The summed E-state index contributed by atoms with van der Waals surface area (Å²) in [7, 11) is 0. The topological polar surface area (TPSA) is 55.4 Å². The second-order valence-electron chi connectivity index (χ2n) is 2.64. The molecule has 0 saturated heterocycles. The molecule has 19 heavy (non-hydrogen) atoms. The second kappa shape index (κ2) is 14.5. The Labute approximate surface area is 113 Å². The van der Waals surface area contributed by atoms with Gasteiger partial charge in [-0.25, -0.2) is 14.7 Å². The molecule has 0 unspecified atom stereocenters. The quantitative estimate of drug-likeness (QED) is 0.206. The highest BCUT2D eigenvalue weighted by molar-refractivity contribution is 4.95. The van der Waals surface area contributed by atoms with Crippen LogP contribution in [0.2, 0.25) is 0 Å². The third-order valence-electron chi connectivity index (χ3n) is 1.36. The van der Waals surface area contributed by atoms with Gasteiger partial charge in [0.15, 0.2) is 0 Å². The van der Waals surface area contributed by atoms with Crippen LogP contribution in [0.4, 0.5) is 0 Å². The standard InChI is InChI=1S/C13H16O6/c1-4-7-10-14-17-13(18-15-11-8-5-2)19-16-12-9-6-3/h13H,10-12H2,1-3H3. The first-order chi connectivity index (χ1) is 9.35. The van der Waals surface area contributed by atoms with E-state index in [1.807, 2.05) is 0 Å². The molecule has 6 heteroatoms. The summed E-state index contributed by atoms with van der Waals surface area (Å²) in [6, 6.07) is 0. The fraction of sp³-hybridized carbons (Fsp3) is 0.538. The third-order valence-corrected chi connectivity index (χ3v) is 1.36. The number of rotatable bonds is 9. The molecule has 0 aliphatic heterocycles. The fourth-order valence-electron chi connectivity index (χ4n) is 0.622. The Bertz CT molecular complexity index is 325. The van der Waals surface area contributed by atoms with Gasteiger partial charge in [-0.15, -0.1) is 17.8 Å². The molecule has 0 heterocycles. The Kier molecular flexibility index (Phi) is 13.3. The SMILES string of the molecule is CC#CCOOC(OOCC#CC)OOCC#CC. The smallest absolute Gasteiger partial charge is 0.218 e. The summed E-state index contributed by atoms with van der Waals surface area (Å²) in [5.74, 6) is 15.7. The van der Waals surface area contributed by atoms with Crippen molar-refractivity contribution in [3.05, 3.63) is 0 Å². The van der Waals surface area contributed by atoms with Gasteiger partial charge in [0.25, 0.3) is 0 Å². The van der Waals surface area contributed by atoms with Crippen molar-refractivity contribution < 1.29 is 29.3 Å². The van der Waals surface area contributed by atoms with Crippen molar-refractivity contribution in [1.82, 2.24) is 0 Å². The first-order valence-electron chi connectivity index (χ1n) is 5.38. The summed E-state index contributed by atoms with van der Waals surface area (Å²) < 4.78 is 0. The van der Waals surface area contributed by atoms with Gasteiger partial charge in [0, 0.05) is 0 Å². The summed E-state index contributed by atoms with van der Waals surface area (Å²) in [4.78, 5) is 28.2. The van der Waals surface area contributed by atoms with E-state index >= 15 is 0 Å². The molecule has 0 rings (SSSR count). The van der Waals surface area contributed by atoms with Crippen molar-refractivity contribution in [3.63, 3.8) is 0 Å². The Morgan fingerprint density at radius 1 is 0.632 bits per heavy atom. The molecule has 0 saturated carbocycles. The zero-order chi connectivity index (χ0) is 14.2.